The molecule has 2 rings (SSSR count). The Labute approximate surface area is 112 Å². The number of aromatic nitrogens is 3. The largest absolute Gasteiger partial charge is 0.485 e. The highest BCUT2D eigenvalue weighted by Gasteiger charge is 2.06. The Hall–Kier alpha value is -2.35. The number of hydrogen-bond donors (Lipinski definition) is 0. The van der Waals surface area contributed by atoms with Crippen molar-refractivity contribution in [1.82, 2.24) is 14.8 Å². The Morgan fingerprint density at radius 3 is 2.74 bits per heavy atom. The molecule has 0 fully saturated rings. The zero-order valence-corrected chi connectivity index (χ0v) is 11.3. The van der Waals surface area contributed by atoms with Crippen LogP contribution in [0.4, 0.5) is 0 Å². The van der Waals surface area contributed by atoms with Crippen LogP contribution in [-0.2, 0) is 6.61 Å². The molecule has 2 heterocycles. The predicted octanol–water partition coefficient (Wildman–Crippen LogP) is 2.62. The minimum absolute atomic E-state index is 0.340. The number of ether oxygens (including phenoxy) is 1. The Bertz CT molecular complexity index is 610. The van der Waals surface area contributed by atoms with E-state index in [1.807, 2.05) is 29.9 Å². The normalized spacial score (nSPS) is 10.5. The van der Waals surface area contributed by atoms with Gasteiger partial charge in [-0.15, -0.1) is 0 Å². The molecule has 98 valence electrons. The highest BCUT2D eigenvalue weighted by atomic mass is 16.5. The molecular formula is C14H16N4O. The first-order valence-electron chi connectivity index (χ1n) is 6.14. The highest BCUT2D eigenvalue weighted by Crippen LogP contribution is 2.17. The fourth-order valence-corrected chi connectivity index (χ4v) is 1.66. The minimum atomic E-state index is 0.340. The van der Waals surface area contributed by atoms with Crippen LogP contribution in [-0.4, -0.2) is 14.8 Å². The van der Waals surface area contributed by atoms with Crippen LogP contribution >= 0.6 is 0 Å². The van der Waals surface area contributed by atoms with E-state index in [9.17, 15) is 0 Å². The monoisotopic (exact) mass is 256 g/mol. The maximum absolute atomic E-state index is 8.75. The summed E-state index contributed by atoms with van der Waals surface area (Å²) in [6.45, 7) is 6.37. The lowest BCUT2D eigenvalue weighted by molar-refractivity contribution is 0.295. The van der Waals surface area contributed by atoms with Gasteiger partial charge in [-0.1, -0.05) is 0 Å². The fraction of sp³-hybridized carbons (Fsp3) is 0.357. The number of nitriles is 1. The lowest BCUT2D eigenvalue weighted by Crippen LogP contribution is -2.04. The molecule has 0 unspecified atom stereocenters. The molecule has 0 saturated heterocycles. The summed E-state index contributed by atoms with van der Waals surface area (Å²) in [5.74, 6) is 0.679. The number of rotatable bonds is 4. The third-order valence-corrected chi connectivity index (χ3v) is 2.72. The Kier molecular flexibility index (Phi) is 3.81. The van der Waals surface area contributed by atoms with Gasteiger partial charge in [0.05, 0.1) is 11.4 Å². The molecule has 0 N–H and O–H groups in total. The van der Waals surface area contributed by atoms with Gasteiger partial charge in [0.15, 0.2) is 0 Å². The van der Waals surface area contributed by atoms with Crippen LogP contribution in [0.2, 0.25) is 0 Å². The molecule has 0 aromatic carbocycles. The summed E-state index contributed by atoms with van der Waals surface area (Å²) < 4.78 is 7.56. The molecule has 0 radical (unpaired) electrons. The van der Waals surface area contributed by atoms with E-state index in [0.29, 0.717) is 29.8 Å². The molecule has 5 nitrogen and oxygen atoms in total. The van der Waals surface area contributed by atoms with Crippen LogP contribution in [0.25, 0.3) is 0 Å². The van der Waals surface area contributed by atoms with Crippen molar-refractivity contribution in [2.45, 2.75) is 33.4 Å². The van der Waals surface area contributed by atoms with Crippen LogP contribution in [0.5, 0.6) is 5.75 Å². The number of pyridine rings is 1. The lowest BCUT2D eigenvalue weighted by atomic mass is 10.3. The second kappa shape index (κ2) is 5.53. The molecule has 2 aromatic heterocycles. The molecule has 0 aliphatic rings. The van der Waals surface area contributed by atoms with Gasteiger partial charge in [0.25, 0.3) is 0 Å². The van der Waals surface area contributed by atoms with Crippen molar-refractivity contribution in [3.05, 3.63) is 41.5 Å². The molecule has 0 spiro atoms. The second-order valence-corrected chi connectivity index (χ2v) is 4.56. The maximum atomic E-state index is 8.75. The zero-order valence-electron chi connectivity index (χ0n) is 11.3. The third-order valence-electron chi connectivity index (χ3n) is 2.72. The van der Waals surface area contributed by atoms with Crippen molar-refractivity contribution in [3.63, 3.8) is 0 Å². The Balaban J connectivity index is 2.04. The van der Waals surface area contributed by atoms with Gasteiger partial charge in [-0.25, -0.2) is 4.98 Å². The molecule has 0 amide bonds. The van der Waals surface area contributed by atoms with Crippen molar-refractivity contribution in [2.75, 3.05) is 0 Å². The Morgan fingerprint density at radius 1 is 1.37 bits per heavy atom. The van der Waals surface area contributed by atoms with Crippen LogP contribution in [0, 0.1) is 18.3 Å². The predicted molar refractivity (Wildman–Crippen MR) is 70.6 cm³/mol. The van der Waals surface area contributed by atoms with Gasteiger partial charge in [-0.3, -0.25) is 4.68 Å². The van der Waals surface area contributed by atoms with E-state index >= 15 is 0 Å². The van der Waals surface area contributed by atoms with Crippen molar-refractivity contribution in [2.24, 2.45) is 0 Å². The number of nitrogens with zero attached hydrogens (tertiary/aromatic N) is 4. The third kappa shape index (κ3) is 3.10. The van der Waals surface area contributed by atoms with Crippen LogP contribution in [0.3, 0.4) is 0 Å². The van der Waals surface area contributed by atoms with E-state index in [0.717, 1.165) is 5.69 Å². The molecule has 5 heteroatoms. The van der Waals surface area contributed by atoms with Gasteiger partial charge in [0, 0.05) is 12.2 Å². The standard InChI is InChI=1S/C14H16N4O/c1-10(2)18-7-6-13(17-18)9-19-14-5-4-12(8-15)16-11(14)3/h4-7,10H,9H2,1-3H3. The molecule has 0 saturated carbocycles. The van der Waals surface area contributed by atoms with E-state index in [2.05, 4.69) is 23.9 Å². The van der Waals surface area contributed by atoms with E-state index in [4.69, 9.17) is 10.00 Å². The SMILES string of the molecule is Cc1nc(C#N)ccc1OCc1ccn(C(C)C)n1. The summed E-state index contributed by atoms with van der Waals surface area (Å²) in [5, 5.41) is 13.2. The highest BCUT2D eigenvalue weighted by molar-refractivity contribution is 5.32. The summed E-state index contributed by atoms with van der Waals surface area (Å²) in [4.78, 5) is 4.13. The first kappa shape index (κ1) is 13.1. The smallest absolute Gasteiger partial charge is 0.141 e. The van der Waals surface area contributed by atoms with Crippen LogP contribution < -0.4 is 4.74 Å². The van der Waals surface area contributed by atoms with Crippen molar-refractivity contribution in [1.29, 1.82) is 5.26 Å². The average molecular weight is 256 g/mol. The first-order chi connectivity index (χ1) is 9.10. The van der Waals surface area contributed by atoms with Gasteiger partial charge < -0.3 is 4.74 Å². The molecule has 0 aliphatic heterocycles. The van der Waals surface area contributed by atoms with E-state index < -0.39 is 0 Å². The lowest BCUT2D eigenvalue weighted by Gasteiger charge is -2.07. The summed E-state index contributed by atoms with van der Waals surface area (Å²) in [7, 11) is 0. The topological polar surface area (TPSA) is 63.7 Å². The van der Waals surface area contributed by atoms with E-state index in [1.165, 1.54) is 0 Å². The summed E-state index contributed by atoms with van der Waals surface area (Å²) in [5.41, 5.74) is 1.98. The average Bonchev–Trinajstić information content (AvgIpc) is 2.86. The van der Waals surface area contributed by atoms with Gasteiger partial charge in [0.2, 0.25) is 0 Å². The van der Waals surface area contributed by atoms with Crippen LogP contribution in [0.1, 0.15) is 37.0 Å². The van der Waals surface area contributed by atoms with Gasteiger partial charge in [-0.2, -0.15) is 10.4 Å². The summed E-state index contributed by atoms with van der Waals surface area (Å²) in [6.07, 6.45) is 1.94. The van der Waals surface area contributed by atoms with E-state index in [-0.39, 0.29) is 0 Å². The van der Waals surface area contributed by atoms with Crippen LogP contribution in [0.15, 0.2) is 24.4 Å². The van der Waals surface area contributed by atoms with Crippen molar-refractivity contribution >= 4 is 0 Å². The summed E-state index contributed by atoms with van der Waals surface area (Å²) in [6, 6.07) is 7.69. The quantitative estimate of drug-likeness (QED) is 0.843. The molecule has 0 atom stereocenters. The van der Waals surface area contributed by atoms with Crippen molar-refractivity contribution < 1.29 is 4.74 Å². The van der Waals surface area contributed by atoms with Gasteiger partial charge in [-0.05, 0) is 39.0 Å². The molecule has 0 aliphatic carbocycles. The first-order valence-corrected chi connectivity index (χ1v) is 6.14. The molecule has 19 heavy (non-hydrogen) atoms. The zero-order chi connectivity index (χ0) is 13.8. The molecule has 2 aromatic rings. The molecule has 0 bridgehead atoms. The second-order valence-electron chi connectivity index (χ2n) is 4.56. The number of aryl methyl sites for hydroxylation is 1. The molecular weight excluding hydrogens is 240 g/mol. The van der Waals surface area contributed by atoms with Crippen molar-refractivity contribution in [3.8, 4) is 11.8 Å². The summed E-state index contributed by atoms with van der Waals surface area (Å²) >= 11 is 0. The van der Waals surface area contributed by atoms with Gasteiger partial charge >= 0.3 is 0 Å². The maximum Gasteiger partial charge on any atom is 0.141 e. The van der Waals surface area contributed by atoms with Gasteiger partial charge in [0.1, 0.15) is 24.1 Å². The minimum Gasteiger partial charge on any atom is -0.485 e. The van der Waals surface area contributed by atoms with E-state index in [1.54, 1.807) is 12.1 Å². The number of hydrogen-bond acceptors (Lipinski definition) is 4. The Morgan fingerprint density at radius 2 is 2.16 bits per heavy atom. The fourth-order valence-electron chi connectivity index (χ4n) is 1.66.